The highest BCUT2D eigenvalue weighted by Gasteiger charge is 2.19. The Morgan fingerprint density at radius 1 is 1.12 bits per heavy atom. The van der Waals surface area contributed by atoms with Crippen LogP contribution in [0, 0.1) is 13.8 Å². The van der Waals surface area contributed by atoms with Crippen molar-refractivity contribution in [1.82, 2.24) is 9.88 Å². The molecular formula is C25H26N2O6. The smallest absolute Gasteiger partial charge is 0.416 e. The van der Waals surface area contributed by atoms with Crippen LogP contribution in [0.15, 0.2) is 59.0 Å². The van der Waals surface area contributed by atoms with Gasteiger partial charge in [0.15, 0.2) is 5.89 Å². The summed E-state index contributed by atoms with van der Waals surface area (Å²) in [6, 6.07) is 14.0. The molecule has 1 amide bonds. The van der Waals surface area contributed by atoms with Crippen molar-refractivity contribution in [2.24, 2.45) is 0 Å². The second kappa shape index (κ2) is 11.0. The third kappa shape index (κ3) is 6.96. The molecule has 0 aliphatic rings. The Kier molecular flexibility index (Phi) is 7.86. The SMILES string of the molecule is COc1ccc(OC(=O)N(CC(=O)O)Cc2cccc(/C=C/Cc3nc(C)oc3C)c2)cc1. The fraction of sp³-hybridized carbons (Fsp3) is 0.240. The average Bonchev–Trinajstić information content (AvgIpc) is 3.10. The zero-order valence-corrected chi connectivity index (χ0v) is 18.8. The molecule has 0 unspecified atom stereocenters. The van der Waals surface area contributed by atoms with E-state index in [1.165, 1.54) is 7.11 Å². The van der Waals surface area contributed by atoms with E-state index in [2.05, 4.69) is 4.98 Å². The molecule has 1 aromatic heterocycles. The average molecular weight is 450 g/mol. The Balaban J connectivity index is 1.68. The molecule has 2 aromatic carbocycles. The number of allylic oxidation sites excluding steroid dienone is 1. The number of rotatable bonds is 9. The number of nitrogens with zero attached hydrogens (tertiary/aromatic N) is 2. The van der Waals surface area contributed by atoms with Gasteiger partial charge in [0, 0.05) is 19.9 Å². The van der Waals surface area contributed by atoms with Gasteiger partial charge in [-0.3, -0.25) is 9.69 Å². The molecule has 0 aliphatic heterocycles. The number of carboxylic acids is 1. The first kappa shape index (κ1) is 23.6. The van der Waals surface area contributed by atoms with Crippen LogP contribution in [0.1, 0.15) is 28.5 Å². The first-order valence-corrected chi connectivity index (χ1v) is 10.3. The molecule has 8 heteroatoms. The molecule has 0 spiro atoms. The van der Waals surface area contributed by atoms with Crippen molar-refractivity contribution < 1.29 is 28.6 Å². The summed E-state index contributed by atoms with van der Waals surface area (Å²) in [4.78, 5) is 29.4. The zero-order valence-electron chi connectivity index (χ0n) is 18.8. The molecule has 0 atom stereocenters. The predicted molar refractivity (Wildman–Crippen MR) is 122 cm³/mol. The number of benzene rings is 2. The predicted octanol–water partition coefficient (Wildman–Crippen LogP) is 4.64. The van der Waals surface area contributed by atoms with Crippen molar-refractivity contribution in [3.8, 4) is 11.5 Å². The number of aromatic nitrogens is 1. The van der Waals surface area contributed by atoms with Gasteiger partial charge in [-0.05, 0) is 48.4 Å². The van der Waals surface area contributed by atoms with Crippen LogP contribution in [-0.4, -0.2) is 40.7 Å². The molecule has 0 saturated heterocycles. The van der Waals surface area contributed by atoms with E-state index in [1.54, 1.807) is 24.3 Å². The highest BCUT2D eigenvalue weighted by atomic mass is 16.6. The molecular weight excluding hydrogens is 424 g/mol. The number of carbonyl (C=O) groups is 2. The molecule has 1 N–H and O–H groups in total. The minimum absolute atomic E-state index is 0.0879. The van der Waals surface area contributed by atoms with E-state index < -0.39 is 18.6 Å². The summed E-state index contributed by atoms with van der Waals surface area (Å²) in [5.74, 6) is 1.22. The van der Waals surface area contributed by atoms with Gasteiger partial charge in [0.1, 0.15) is 23.8 Å². The Morgan fingerprint density at radius 3 is 2.48 bits per heavy atom. The maximum atomic E-state index is 12.6. The van der Waals surface area contributed by atoms with Crippen LogP contribution >= 0.6 is 0 Å². The first-order valence-electron chi connectivity index (χ1n) is 10.3. The molecule has 3 aromatic rings. The number of oxazole rings is 1. The van der Waals surface area contributed by atoms with Crippen LogP contribution in [0.4, 0.5) is 4.79 Å². The number of hydrogen-bond donors (Lipinski definition) is 1. The number of methoxy groups -OCH3 is 1. The van der Waals surface area contributed by atoms with Crippen molar-refractivity contribution >= 4 is 18.1 Å². The third-order valence-corrected chi connectivity index (χ3v) is 4.79. The van der Waals surface area contributed by atoms with Gasteiger partial charge in [-0.25, -0.2) is 9.78 Å². The van der Waals surface area contributed by atoms with Crippen LogP contribution in [-0.2, 0) is 17.8 Å². The quantitative estimate of drug-likeness (QED) is 0.507. The molecule has 8 nitrogen and oxygen atoms in total. The van der Waals surface area contributed by atoms with Crippen molar-refractivity contribution in [3.63, 3.8) is 0 Å². The number of aliphatic carboxylic acids is 1. The lowest BCUT2D eigenvalue weighted by atomic mass is 10.1. The molecule has 0 fully saturated rings. The number of hydrogen-bond acceptors (Lipinski definition) is 6. The van der Waals surface area contributed by atoms with Gasteiger partial charge in [-0.15, -0.1) is 0 Å². The fourth-order valence-corrected chi connectivity index (χ4v) is 3.24. The maximum Gasteiger partial charge on any atom is 0.416 e. The Morgan fingerprint density at radius 2 is 1.85 bits per heavy atom. The monoisotopic (exact) mass is 450 g/mol. The molecule has 0 saturated carbocycles. The summed E-state index contributed by atoms with van der Waals surface area (Å²) < 4.78 is 15.9. The Bertz CT molecular complexity index is 1130. The number of carbonyl (C=O) groups excluding carboxylic acids is 1. The molecule has 172 valence electrons. The molecule has 3 rings (SSSR count). The third-order valence-electron chi connectivity index (χ3n) is 4.79. The lowest BCUT2D eigenvalue weighted by molar-refractivity contribution is -0.138. The van der Waals surface area contributed by atoms with Crippen LogP contribution < -0.4 is 9.47 Å². The van der Waals surface area contributed by atoms with Gasteiger partial charge in [0.2, 0.25) is 0 Å². The van der Waals surface area contributed by atoms with Crippen molar-refractivity contribution in [2.75, 3.05) is 13.7 Å². The largest absolute Gasteiger partial charge is 0.497 e. The summed E-state index contributed by atoms with van der Waals surface area (Å²) in [5.41, 5.74) is 2.58. The van der Waals surface area contributed by atoms with E-state index >= 15 is 0 Å². The number of aryl methyl sites for hydroxylation is 2. The van der Waals surface area contributed by atoms with Gasteiger partial charge >= 0.3 is 12.1 Å². The minimum Gasteiger partial charge on any atom is -0.497 e. The zero-order chi connectivity index (χ0) is 23.8. The van der Waals surface area contributed by atoms with Gasteiger partial charge in [-0.2, -0.15) is 0 Å². The van der Waals surface area contributed by atoms with E-state index in [9.17, 15) is 14.7 Å². The second-order valence-electron chi connectivity index (χ2n) is 7.38. The van der Waals surface area contributed by atoms with Gasteiger partial charge in [0.25, 0.3) is 0 Å². The molecule has 0 aliphatic carbocycles. The summed E-state index contributed by atoms with van der Waals surface area (Å²) in [5, 5.41) is 9.26. The highest BCUT2D eigenvalue weighted by Crippen LogP contribution is 2.19. The molecule has 0 bridgehead atoms. The van der Waals surface area contributed by atoms with E-state index in [0.717, 1.165) is 27.5 Å². The van der Waals surface area contributed by atoms with E-state index in [0.29, 0.717) is 23.8 Å². The van der Waals surface area contributed by atoms with E-state index in [4.69, 9.17) is 13.9 Å². The van der Waals surface area contributed by atoms with Crippen LogP contribution in [0.2, 0.25) is 0 Å². The summed E-state index contributed by atoms with van der Waals surface area (Å²) in [6.45, 7) is 3.29. The first-order chi connectivity index (χ1) is 15.8. The summed E-state index contributed by atoms with van der Waals surface area (Å²) in [6.07, 6.45) is 3.81. The van der Waals surface area contributed by atoms with E-state index in [-0.39, 0.29) is 6.54 Å². The normalized spacial score (nSPS) is 10.9. The molecule has 33 heavy (non-hydrogen) atoms. The van der Waals surface area contributed by atoms with Crippen LogP contribution in [0.3, 0.4) is 0 Å². The standard InChI is InChI=1S/C25H26N2O6/c1-17-23(26-18(2)32-17)9-5-7-19-6-4-8-20(14-19)15-27(16-24(28)29)25(30)33-22-12-10-21(31-3)11-13-22/h4-8,10-14H,9,15-16H2,1-3H3,(H,28,29)/b7-5+. The topological polar surface area (TPSA) is 102 Å². The molecule has 0 radical (unpaired) electrons. The second-order valence-corrected chi connectivity index (χ2v) is 7.38. The van der Waals surface area contributed by atoms with Gasteiger partial charge in [0.05, 0.1) is 12.8 Å². The number of amides is 1. The lowest BCUT2D eigenvalue weighted by Gasteiger charge is -2.20. The highest BCUT2D eigenvalue weighted by molar-refractivity contribution is 5.78. The Labute approximate surface area is 192 Å². The van der Waals surface area contributed by atoms with Crippen molar-refractivity contribution in [3.05, 3.63) is 83.1 Å². The van der Waals surface area contributed by atoms with Crippen LogP contribution in [0.5, 0.6) is 11.5 Å². The minimum atomic E-state index is -1.13. The fourth-order valence-electron chi connectivity index (χ4n) is 3.24. The molecule has 1 heterocycles. The summed E-state index contributed by atoms with van der Waals surface area (Å²) in [7, 11) is 1.54. The maximum absolute atomic E-state index is 12.6. The van der Waals surface area contributed by atoms with Gasteiger partial charge < -0.3 is 19.0 Å². The van der Waals surface area contributed by atoms with Crippen molar-refractivity contribution in [2.45, 2.75) is 26.8 Å². The number of carboxylic acid groups (broad SMARTS) is 1. The van der Waals surface area contributed by atoms with Crippen LogP contribution in [0.25, 0.3) is 6.08 Å². The van der Waals surface area contributed by atoms with Crippen molar-refractivity contribution in [1.29, 1.82) is 0 Å². The lowest BCUT2D eigenvalue weighted by Crippen LogP contribution is -2.37. The Hall–Kier alpha value is -4.07. The summed E-state index contributed by atoms with van der Waals surface area (Å²) >= 11 is 0. The number of ether oxygens (including phenoxy) is 2. The van der Waals surface area contributed by atoms with Gasteiger partial charge in [-0.1, -0.05) is 30.4 Å². The van der Waals surface area contributed by atoms with E-state index in [1.807, 2.05) is 50.3 Å².